The average molecular weight is 286 g/mol. The lowest BCUT2D eigenvalue weighted by atomic mass is 9.46. The van der Waals surface area contributed by atoms with E-state index < -0.39 is 10.8 Å². The van der Waals surface area contributed by atoms with E-state index in [1.54, 1.807) is 0 Å². The molecule has 2 N–H and O–H groups in total. The van der Waals surface area contributed by atoms with Gasteiger partial charge in [-0.25, -0.2) is 0 Å². The summed E-state index contributed by atoms with van der Waals surface area (Å²) in [6.45, 7) is 8.19. The Kier molecular flexibility index (Phi) is 3.53. The number of hydrogen-bond acceptors (Lipinski definition) is 4. The van der Waals surface area contributed by atoms with Crippen molar-refractivity contribution >= 4 is 10.8 Å². The van der Waals surface area contributed by atoms with E-state index in [0.29, 0.717) is 12.0 Å². The lowest BCUT2D eigenvalue weighted by Gasteiger charge is -2.67. The van der Waals surface area contributed by atoms with Crippen LogP contribution < -0.4 is 5.73 Å². The molecular formula is C14H26N2O2S. The van der Waals surface area contributed by atoms with Crippen LogP contribution in [0.4, 0.5) is 0 Å². The lowest BCUT2D eigenvalue weighted by molar-refractivity contribution is -0.231. The van der Waals surface area contributed by atoms with Crippen LogP contribution in [0.15, 0.2) is 0 Å². The molecule has 3 fully saturated rings. The summed E-state index contributed by atoms with van der Waals surface area (Å²) >= 11 is 0. The van der Waals surface area contributed by atoms with Gasteiger partial charge in [0.25, 0.3) is 0 Å². The molecule has 1 saturated carbocycles. The Bertz CT molecular complexity index is 378. The summed E-state index contributed by atoms with van der Waals surface area (Å²) in [4.78, 5) is 2.41. The van der Waals surface area contributed by atoms with E-state index in [2.05, 4.69) is 18.7 Å². The molecule has 0 aromatic heterocycles. The van der Waals surface area contributed by atoms with E-state index in [9.17, 15) is 4.21 Å². The maximum Gasteiger partial charge on any atom is 0.0690 e. The van der Waals surface area contributed by atoms with Gasteiger partial charge in [-0.15, -0.1) is 0 Å². The molecule has 3 atom stereocenters. The van der Waals surface area contributed by atoms with E-state index in [1.165, 1.54) is 6.42 Å². The SMILES string of the molecule is CC1(C)C2OCCCC2C1(N)CN1CCS(=O)CC1. The molecular weight excluding hydrogens is 260 g/mol. The van der Waals surface area contributed by atoms with Crippen LogP contribution in [-0.2, 0) is 15.5 Å². The topological polar surface area (TPSA) is 55.6 Å². The first-order valence-electron chi connectivity index (χ1n) is 7.43. The van der Waals surface area contributed by atoms with Gasteiger partial charge in [-0.05, 0) is 12.8 Å². The molecule has 0 spiro atoms. The highest BCUT2D eigenvalue weighted by Gasteiger charge is 2.66. The minimum atomic E-state index is -0.608. The van der Waals surface area contributed by atoms with Crippen LogP contribution in [0.3, 0.4) is 0 Å². The van der Waals surface area contributed by atoms with Crippen molar-refractivity contribution in [2.75, 3.05) is 37.7 Å². The zero-order chi connectivity index (χ0) is 13.7. The maximum atomic E-state index is 11.4. The number of rotatable bonds is 2. The smallest absolute Gasteiger partial charge is 0.0690 e. The van der Waals surface area contributed by atoms with Crippen molar-refractivity contribution in [3.05, 3.63) is 0 Å². The van der Waals surface area contributed by atoms with E-state index in [4.69, 9.17) is 10.5 Å². The Morgan fingerprint density at radius 2 is 2.05 bits per heavy atom. The molecule has 2 heterocycles. The van der Waals surface area contributed by atoms with Crippen LogP contribution in [0.25, 0.3) is 0 Å². The fourth-order valence-corrected chi connectivity index (χ4v) is 5.32. The molecule has 0 amide bonds. The van der Waals surface area contributed by atoms with Gasteiger partial charge in [-0.1, -0.05) is 13.8 Å². The number of hydrogen-bond donors (Lipinski definition) is 1. The molecule has 0 aromatic rings. The second-order valence-corrected chi connectivity index (χ2v) is 8.62. The van der Waals surface area contributed by atoms with E-state index >= 15 is 0 Å². The van der Waals surface area contributed by atoms with Crippen LogP contribution in [0.2, 0.25) is 0 Å². The molecule has 3 rings (SSSR count). The highest BCUT2D eigenvalue weighted by atomic mass is 32.2. The first kappa shape index (κ1) is 14.0. The van der Waals surface area contributed by atoms with Crippen molar-refractivity contribution in [2.24, 2.45) is 17.1 Å². The Morgan fingerprint density at radius 1 is 1.37 bits per heavy atom. The molecule has 2 saturated heterocycles. The highest BCUT2D eigenvalue weighted by Crippen LogP contribution is 2.57. The van der Waals surface area contributed by atoms with E-state index in [0.717, 1.165) is 44.2 Å². The lowest BCUT2D eigenvalue weighted by Crippen LogP contribution is -2.80. The monoisotopic (exact) mass is 286 g/mol. The Morgan fingerprint density at radius 3 is 2.74 bits per heavy atom. The van der Waals surface area contributed by atoms with Crippen molar-refractivity contribution in [1.29, 1.82) is 0 Å². The van der Waals surface area contributed by atoms with Crippen LogP contribution >= 0.6 is 0 Å². The fourth-order valence-electron chi connectivity index (χ4n) is 4.19. The molecule has 3 aliphatic rings. The minimum Gasteiger partial charge on any atom is -0.377 e. The molecule has 0 bridgehead atoms. The third-order valence-electron chi connectivity index (χ3n) is 5.65. The minimum absolute atomic E-state index is 0.0503. The van der Waals surface area contributed by atoms with Gasteiger partial charge in [-0.2, -0.15) is 0 Å². The van der Waals surface area contributed by atoms with Gasteiger partial charge in [-0.3, -0.25) is 9.11 Å². The predicted molar refractivity (Wildman–Crippen MR) is 77.5 cm³/mol. The summed E-state index contributed by atoms with van der Waals surface area (Å²) in [5.74, 6) is 2.12. The fraction of sp³-hybridized carbons (Fsp3) is 1.00. The molecule has 3 unspecified atom stereocenters. The normalized spacial score (nSPS) is 43.5. The quantitative estimate of drug-likeness (QED) is 0.807. The van der Waals surface area contributed by atoms with Crippen molar-refractivity contribution in [3.63, 3.8) is 0 Å². The predicted octanol–water partition coefficient (Wildman–Crippen LogP) is 0.583. The van der Waals surface area contributed by atoms with Crippen molar-refractivity contribution in [3.8, 4) is 0 Å². The van der Waals surface area contributed by atoms with Gasteiger partial charge in [0.15, 0.2) is 0 Å². The van der Waals surface area contributed by atoms with Crippen molar-refractivity contribution in [1.82, 2.24) is 4.90 Å². The highest BCUT2D eigenvalue weighted by molar-refractivity contribution is 7.85. The molecule has 0 radical (unpaired) electrons. The molecule has 110 valence electrons. The number of ether oxygens (including phenoxy) is 1. The van der Waals surface area contributed by atoms with Crippen molar-refractivity contribution in [2.45, 2.75) is 38.3 Å². The molecule has 2 aliphatic heterocycles. The summed E-state index contributed by atoms with van der Waals surface area (Å²) in [6, 6.07) is 0. The number of nitrogens with zero attached hydrogens (tertiary/aromatic N) is 1. The van der Waals surface area contributed by atoms with E-state index in [1.807, 2.05) is 0 Å². The molecule has 1 aliphatic carbocycles. The van der Waals surface area contributed by atoms with E-state index in [-0.39, 0.29) is 11.0 Å². The van der Waals surface area contributed by atoms with Gasteiger partial charge < -0.3 is 10.5 Å². The molecule has 0 aromatic carbocycles. The largest absolute Gasteiger partial charge is 0.377 e. The van der Waals surface area contributed by atoms with Crippen LogP contribution in [0.1, 0.15) is 26.7 Å². The van der Waals surface area contributed by atoms with Crippen molar-refractivity contribution < 1.29 is 8.95 Å². The zero-order valence-corrected chi connectivity index (χ0v) is 12.9. The first-order chi connectivity index (χ1) is 8.95. The van der Waals surface area contributed by atoms with Crippen LogP contribution in [0.5, 0.6) is 0 Å². The van der Waals surface area contributed by atoms with Gasteiger partial charge >= 0.3 is 0 Å². The van der Waals surface area contributed by atoms with Gasteiger partial charge in [0.2, 0.25) is 0 Å². The first-order valence-corrected chi connectivity index (χ1v) is 8.92. The summed E-state index contributed by atoms with van der Waals surface area (Å²) in [5.41, 5.74) is 6.71. The third kappa shape index (κ3) is 2.09. The average Bonchev–Trinajstić information content (AvgIpc) is 2.41. The van der Waals surface area contributed by atoms with Crippen LogP contribution in [-0.4, -0.2) is 58.5 Å². The molecule has 19 heavy (non-hydrogen) atoms. The Labute approximate surface area is 118 Å². The molecule has 5 heteroatoms. The number of nitrogens with two attached hydrogens (primary N) is 1. The standard InChI is InChI=1S/C14H26N2O2S/c1-13(2)12-11(4-3-7-18-12)14(13,15)10-16-5-8-19(17)9-6-16/h11-12H,3-10,15H2,1-2H3. The van der Waals surface area contributed by atoms with Gasteiger partial charge in [0, 0.05) is 65.4 Å². The van der Waals surface area contributed by atoms with Crippen LogP contribution in [0, 0.1) is 11.3 Å². The Hall–Kier alpha value is 0.0300. The summed E-state index contributed by atoms with van der Waals surface area (Å²) in [7, 11) is -0.608. The second-order valence-electron chi connectivity index (χ2n) is 6.93. The third-order valence-corrected chi connectivity index (χ3v) is 6.93. The second kappa shape index (κ2) is 4.79. The summed E-state index contributed by atoms with van der Waals surface area (Å²) < 4.78 is 17.4. The molecule has 4 nitrogen and oxygen atoms in total. The zero-order valence-electron chi connectivity index (χ0n) is 12.1. The Balaban J connectivity index is 1.70. The number of fused-ring (bicyclic) bond motifs is 1. The van der Waals surface area contributed by atoms with Gasteiger partial charge in [0.1, 0.15) is 0 Å². The maximum absolute atomic E-state index is 11.4. The van der Waals surface area contributed by atoms with Gasteiger partial charge in [0.05, 0.1) is 6.10 Å². The summed E-state index contributed by atoms with van der Waals surface area (Å²) in [5, 5.41) is 0. The summed E-state index contributed by atoms with van der Waals surface area (Å²) in [6.07, 6.45) is 2.68.